The van der Waals surface area contributed by atoms with Gasteiger partial charge in [0.15, 0.2) is 0 Å². The van der Waals surface area contributed by atoms with Crippen LogP contribution in [0.3, 0.4) is 0 Å². The summed E-state index contributed by atoms with van der Waals surface area (Å²) in [4.78, 5) is 28.2. The summed E-state index contributed by atoms with van der Waals surface area (Å²) in [5.41, 5.74) is 2.52. The van der Waals surface area contributed by atoms with Crippen molar-refractivity contribution in [1.82, 2.24) is 10.2 Å². The number of ether oxygens (including phenoxy) is 1. The first-order valence-corrected chi connectivity index (χ1v) is 14.6. The Labute approximate surface area is 222 Å². The van der Waals surface area contributed by atoms with Crippen LogP contribution in [0.25, 0.3) is 0 Å². The molecule has 0 saturated heterocycles. The van der Waals surface area contributed by atoms with Crippen LogP contribution in [0.5, 0.6) is 5.75 Å². The maximum atomic E-state index is 13.5. The van der Waals surface area contributed by atoms with Crippen LogP contribution in [0.4, 0.5) is 5.69 Å². The van der Waals surface area contributed by atoms with E-state index in [0.717, 1.165) is 23.8 Å². The van der Waals surface area contributed by atoms with Crippen molar-refractivity contribution < 1.29 is 22.7 Å². The molecular weight excluding hydrogens is 490 g/mol. The monoisotopic (exact) mass is 531 g/mol. The van der Waals surface area contributed by atoms with Crippen LogP contribution in [0.2, 0.25) is 0 Å². The number of hydrogen-bond acceptors (Lipinski definition) is 5. The van der Waals surface area contributed by atoms with E-state index in [4.69, 9.17) is 4.74 Å². The van der Waals surface area contributed by atoms with Gasteiger partial charge >= 0.3 is 0 Å². The van der Waals surface area contributed by atoms with Gasteiger partial charge in [-0.25, -0.2) is 8.42 Å². The molecule has 0 aliphatic heterocycles. The fourth-order valence-corrected chi connectivity index (χ4v) is 4.98. The number of nitrogens with zero attached hydrogens (tertiary/aromatic N) is 2. The minimum absolute atomic E-state index is 0.00376. The molecule has 0 aliphatic carbocycles. The SMILES string of the molecule is CCC(C)NC(=O)C(CC)N(Cc1ccc(C)cc1)C(=O)CCCN(c1cccc(OC)c1)S(C)(=O)=O. The zero-order chi connectivity index (χ0) is 27.6. The lowest BCUT2D eigenvalue weighted by atomic mass is 10.1. The van der Waals surface area contributed by atoms with E-state index in [1.807, 2.05) is 52.0 Å². The van der Waals surface area contributed by atoms with Gasteiger partial charge in [0.05, 0.1) is 19.1 Å². The van der Waals surface area contributed by atoms with Gasteiger partial charge < -0.3 is 15.0 Å². The molecule has 2 unspecified atom stereocenters. The summed E-state index contributed by atoms with van der Waals surface area (Å²) in [5.74, 6) is 0.182. The molecule has 2 aromatic rings. The number of hydrogen-bond donors (Lipinski definition) is 1. The Hall–Kier alpha value is -3.07. The largest absolute Gasteiger partial charge is 0.497 e. The topological polar surface area (TPSA) is 96.0 Å². The van der Waals surface area contributed by atoms with Crippen molar-refractivity contribution in [3.63, 3.8) is 0 Å². The van der Waals surface area contributed by atoms with E-state index in [2.05, 4.69) is 5.32 Å². The van der Waals surface area contributed by atoms with Gasteiger partial charge in [-0.1, -0.05) is 49.7 Å². The van der Waals surface area contributed by atoms with Crippen molar-refractivity contribution in [2.75, 3.05) is 24.2 Å². The first-order valence-electron chi connectivity index (χ1n) is 12.8. The maximum absolute atomic E-state index is 13.5. The van der Waals surface area contributed by atoms with E-state index >= 15 is 0 Å². The number of carbonyl (C=O) groups is 2. The lowest BCUT2D eigenvalue weighted by molar-refractivity contribution is -0.141. The van der Waals surface area contributed by atoms with Crippen LogP contribution < -0.4 is 14.4 Å². The second kappa shape index (κ2) is 14.0. The number of anilines is 1. The van der Waals surface area contributed by atoms with Crippen molar-refractivity contribution in [3.05, 3.63) is 59.7 Å². The maximum Gasteiger partial charge on any atom is 0.243 e. The molecule has 2 aromatic carbocycles. The Balaban J connectivity index is 2.22. The number of methoxy groups -OCH3 is 1. The van der Waals surface area contributed by atoms with Gasteiger partial charge in [0, 0.05) is 31.6 Å². The van der Waals surface area contributed by atoms with E-state index in [1.165, 1.54) is 11.4 Å². The van der Waals surface area contributed by atoms with Gasteiger partial charge in [0.2, 0.25) is 21.8 Å². The van der Waals surface area contributed by atoms with Crippen molar-refractivity contribution in [2.45, 2.75) is 72.0 Å². The van der Waals surface area contributed by atoms with E-state index in [1.54, 1.807) is 29.2 Å². The first-order chi connectivity index (χ1) is 17.5. The second-order valence-corrected chi connectivity index (χ2v) is 11.3. The van der Waals surface area contributed by atoms with E-state index < -0.39 is 16.1 Å². The quantitative estimate of drug-likeness (QED) is 0.393. The number of sulfonamides is 1. The molecule has 0 aromatic heterocycles. The van der Waals surface area contributed by atoms with Crippen molar-refractivity contribution in [3.8, 4) is 5.75 Å². The molecule has 204 valence electrons. The smallest absolute Gasteiger partial charge is 0.243 e. The van der Waals surface area contributed by atoms with Crippen LogP contribution in [-0.4, -0.2) is 57.1 Å². The first kappa shape index (κ1) is 30.2. The Morgan fingerprint density at radius 2 is 1.73 bits per heavy atom. The zero-order valence-corrected chi connectivity index (χ0v) is 23.7. The number of rotatable bonds is 14. The summed E-state index contributed by atoms with van der Waals surface area (Å²) in [7, 11) is -2.06. The number of benzene rings is 2. The molecule has 9 heteroatoms. The number of carbonyl (C=O) groups excluding carboxylic acids is 2. The third-order valence-electron chi connectivity index (χ3n) is 6.35. The molecule has 1 N–H and O–H groups in total. The van der Waals surface area contributed by atoms with E-state index in [9.17, 15) is 18.0 Å². The fourth-order valence-electron chi connectivity index (χ4n) is 4.02. The molecule has 0 saturated carbocycles. The number of aryl methyl sites for hydroxylation is 1. The zero-order valence-electron chi connectivity index (χ0n) is 22.9. The molecule has 8 nitrogen and oxygen atoms in total. The predicted octanol–water partition coefficient (Wildman–Crippen LogP) is 4.27. The highest BCUT2D eigenvalue weighted by Gasteiger charge is 2.29. The van der Waals surface area contributed by atoms with Crippen LogP contribution in [0, 0.1) is 6.92 Å². The van der Waals surface area contributed by atoms with Gasteiger partial charge in [0.25, 0.3) is 0 Å². The van der Waals surface area contributed by atoms with Crippen molar-refractivity contribution >= 4 is 27.5 Å². The van der Waals surface area contributed by atoms with Gasteiger partial charge in [-0.2, -0.15) is 0 Å². The summed E-state index contributed by atoms with van der Waals surface area (Å²) in [6.45, 7) is 8.26. The Morgan fingerprint density at radius 3 is 2.30 bits per heavy atom. The third kappa shape index (κ3) is 9.07. The second-order valence-electron chi connectivity index (χ2n) is 9.39. The summed E-state index contributed by atoms with van der Waals surface area (Å²) in [6.07, 6.45) is 2.81. The van der Waals surface area contributed by atoms with E-state index in [0.29, 0.717) is 30.8 Å². The van der Waals surface area contributed by atoms with Crippen LogP contribution in [0.1, 0.15) is 57.6 Å². The molecule has 0 bridgehead atoms. The Kier molecular flexibility index (Phi) is 11.4. The minimum atomic E-state index is -3.58. The summed E-state index contributed by atoms with van der Waals surface area (Å²) >= 11 is 0. The molecule has 2 atom stereocenters. The lowest BCUT2D eigenvalue weighted by Crippen LogP contribution is -2.50. The highest BCUT2D eigenvalue weighted by Crippen LogP contribution is 2.24. The van der Waals surface area contributed by atoms with Gasteiger partial charge in [0.1, 0.15) is 11.8 Å². The summed E-state index contributed by atoms with van der Waals surface area (Å²) in [6, 6.07) is 14.1. The van der Waals surface area contributed by atoms with Crippen LogP contribution >= 0.6 is 0 Å². The molecule has 0 radical (unpaired) electrons. The average molecular weight is 532 g/mol. The molecule has 0 fully saturated rings. The number of amides is 2. The third-order valence-corrected chi connectivity index (χ3v) is 7.55. The molecule has 0 spiro atoms. The normalized spacial score (nSPS) is 12.9. The Bertz CT molecular complexity index is 1130. The molecule has 2 amide bonds. The lowest BCUT2D eigenvalue weighted by Gasteiger charge is -2.32. The predicted molar refractivity (Wildman–Crippen MR) is 148 cm³/mol. The Morgan fingerprint density at radius 1 is 1.05 bits per heavy atom. The standard InChI is InChI=1S/C28H41N3O5S/c1-7-22(4)29-28(33)26(8-2)30(20-23-16-14-21(3)15-17-23)27(32)13-10-18-31(37(6,34)35)24-11-9-12-25(19-24)36-5/h9,11-12,14-17,19,22,26H,7-8,10,13,18,20H2,1-6H3,(H,29,33). The van der Waals surface area contributed by atoms with Gasteiger partial charge in [-0.3, -0.25) is 13.9 Å². The molecule has 0 heterocycles. The average Bonchev–Trinajstić information content (AvgIpc) is 2.86. The van der Waals surface area contributed by atoms with Crippen LogP contribution in [-0.2, 0) is 26.2 Å². The highest BCUT2D eigenvalue weighted by molar-refractivity contribution is 7.92. The summed E-state index contributed by atoms with van der Waals surface area (Å²) < 4.78 is 31.6. The molecular formula is C28H41N3O5S. The van der Waals surface area contributed by atoms with Gasteiger partial charge in [-0.15, -0.1) is 0 Å². The van der Waals surface area contributed by atoms with Gasteiger partial charge in [-0.05, 0) is 50.8 Å². The highest BCUT2D eigenvalue weighted by atomic mass is 32.2. The molecule has 37 heavy (non-hydrogen) atoms. The molecule has 2 rings (SSSR count). The molecule has 0 aliphatic rings. The van der Waals surface area contributed by atoms with Crippen LogP contribution in [0.15, 0.2) is 48.5 Å². The van der Waals surface area contributed by atoms with E-state index in [-0.39, 0.29) is 30.8 Å². The minimum Gasteiger partial charge on any atom is -0.497 e. The van der Waals surface area contributed by atoms with Crippen molar-refractivity contribution in [1.29, 1.82) is 0 Å². The summed E-state index contributed by atoms with van der Waals surface area (Å²) in [5, 5.41) is 3.01. The number of nitrogens with one attached hydrogen (secondary N) is 1. The van der Waals surface area contributed by atoms with Crippen molar-refractivity contribution in [2.24, 2.45) is 0 Å². The fraction of sp³-hybridized carbons (Fsp3) is 0.500.